The molecule has 2 fully saturated rings. The van der Waals surface area contributed by atoms with Gasteiger partial charge in [0.1, 0.15) is 0 Å². The predicted molar refractivity (Wildman–Crippen MR) is 137 cm³/mol. The van der Waals surface area contributed by atoms with E-state index < -0.39 is 5.41 Å². The van der Waals surface area contributed by atoms with Crippen molar-refractivity contribution in [2.24, 2.45) is 0 Å². The Morgan fingerprint density at radius 1 is 0.886 bits per heavy atom. The van der Waals surface area contributed by atoms with Gasteiger partial charge in [-0.25, -0.2) is 0 Å². The standard InChI is InChI=1S/C28H29N3O3S/c1-29-25(32)18-28(27(29)34,23-11-9-22(10-12-23)21-6-3-2-4-7-21)19-26(33)31-15-13-30(14-16-31)20-24-8-5-17-35-24/h2-12,17H,13-16,18-20H2,1H3/t28-/m1/s1. The number of imide groups is 1. The van der Waals surface area contributed by atoms with Gasteiger partial charge in [0.25, 0.3) is 0 Å². The zero-order chi connectivity index (χ0) is 24.4. The van der Waals surface area contributed by atoms with E-state index >= 15 is 0 Å². The molecule has 2 aliphatic rings. The Balaban J connectivity index is 1.33. The summed E-state index contributed by atoms with van der Waals surface area (Å²) in [5, 5.41) is 2.08. The van der Waals surface area contributed by atoms with Crippen molar-refractivity contribution < 1.29 is 14.4 Å². The van der Waals surface area contributed by atoms with Gasteiger partial charge >= 0.3 is 0 Å². The van der Waals surface area contributed by atoms with E-state index in [4.69, 9.17) is 0 Å². The minimum atomic E-state index is -1.15. The van der Waals surface area contributed by atoms with Crippen molar-refractivity contribution in [3.8, 4) is 11.1 Å². The highest BCUT2D eigenvalue weighted by Gasteiger charge is 2.53. The van der Waals surface area contributed by atoms with Gasteiger partial charge in [0.05, 0.1) is 5.41 Å². The molecular weight excluding hydrogens is 458 g/mol. The third kappa shape index (κ3) is 4.66. The molecule has 1 atom stereocenters. The highest BCUT2D eigenvalue weighted by atomic mass is 32.1. The van der Waals surface area contributed by atoms with Gasteiger partial charge in [-0.1, -0.05) is 60.7 Å². The summed E-state index contributed by atoms with van der Waals surface area (Å²) >= 11 is 1.75. The SMILES string of the molecule is CN1C(=O)C[C@@](CC(=O)N2CCN(Cc3cccs3)CC2)(c2ccc(-c3ccccc3)cc2)C1=O. The van der Waals surface area contributed by atoms with Crippen LogP contribution in [0.25, 0.3) is 11.1 Å². The average Bonchev–Trinajstić information content (AvgIpc) is 3.48. The number of benzene rings is 2. The molecule has 3 heterocycles. The molecular formula is C28H29N3O3S. The molecule has 180 valence electrons. The first kappa shape index (κ1) is 23.5. The van der Waals surface area contributed by atoms with Crippen LogP contribution < -0.4 is 0 Å². The van der Waals surface area contributed by atoms with Gasteiger partial charge in [-0.05, 0) is 28.1 Å². The normalized spacial score (nSPS) is 21.1. The maximum Gasteiger partial charge on any atom is 0.240 e. The molecule has 0 aliphatic carbocycles. The van der Waals surface area contributed by atoms with Gasteiger partial charge < -0.3 is 4.90 Å². The van der Waals surface area contributed by atoms with Gasteiger partial charge in [-0.2, -0.15) is 0 Å². The van der Waals surface area contributed by atoms with Crippen molar-refractivity contribution in [3.63, 3.8) is 0 Å². The van der Waals surface area contributed by atoms with Crippen molar-refractivity contribution in [2.45, 2.75) is 24.8 Å². The number of likely N-dealkylation sites (N-methyl/N-ethyl adjacent to an activating group) is 1. The first-order chi connectivity index (χ1) is 17.0. The van der Waals surface area contributed by atoms with Gasteiger partial charge in [0.15, 0.2) is 0 Å². The lowest BCUT2D eigenvalue weighted by Gasteiger charge is -2.36. The van der Waals surface area contributed by atoms with E-state index in [-0.39, 0.29) is 30.6 Å². The number of carbonyl (C=O) groups excluding carboxylic acids is 3. The van der Waals surface area contributed by atoms with Crippen molar-refractivity contribution in [3.05, 3.63) is 82.6 Å². The molecule has 0 bridgehead atoms. The number of hydrogen-bond donors (Lipinski definition) is 0. The zero-order valence-electron chi connectivity index (χ0n) is 19.9. The molecule has 0 radical (unpaired) electrons. The second-order valence-electron chi connectivity index (χ2n) is 9.37. The predicted octanol–water partition coefficient (Wildman–Crippen LogP) is 3.78. The van der Waals surface area contributed by atoms with E-state index in [0.29, 0.717) is 13.1 Å². The number of likely N-dealkylation sites (tertiary alicyclic amines) is 1. The van der Waals surface area contributed by atoms with Crippen molar-refractivity contribution in [1.82, 2.24) is 14.7 Å². The lowest BCUT2D eigenvalue weighted by atomic mass is 9.75. The van der Waals surface area contributed by atoms with Crippen molar-refractivity contribution in [2.75, 3.05) is 33.2 Å². The molecule has 0 spiro atoms. The maximum atomic E-state index is 13.4. The fourth-order valence-electron chi connectivity index (χ4n) is 5.11. The Bertz CT molecular complexity index is 1200. The van der Waals surface area contributed by atoms with Gasteiger partial charge in [0, 0.05) is 57.5 Å². The number of carbonyl (C=O) groups is 3. The van der Waals surface area contributed by atoms with Crippen LogP contribution in [-0.4, -0.2) is 65.6 Å². The third-order valence-corrected chi connectivity index (χ3v) is 8.08. The lowest BCUT2D eigenvalue weighted by Crippen LogP contribution is -2.50. The Morgan fingerprint density at radius 3 is 2.17 bits per heavy atom. The fourth-order valence-corrected chi connectivity index (χ4v) is 5.86. The minimum Gasteiger partial charge on any atom is -0.340 e. The van der Waals surface area contributed by atoms with Gasteiger partial charge in [-0.15, -0.1) is 11.3 Å². The van der Waals surface area contributed by atoms with Gasteiger partial charge in [-0.3, -0.25) is 24.2 Å². The molecule has 35 heavy (non-hydrogen) atoms. The van der Waals surface area contributed by atoms with E-state index in [1.54, 1.807) is 11.3 Å². The fraction of sp³-hybridized carbons (Fsp3) is 0.321. The smallest absolute Gasteiger partial charge is 0.240 e. The molecule has 3 amide bonds. The van der Waals surface area contributed by atoms with Gasteiger partial charge in [0.2, 0.25) is 17.7 Å². The minimum absolute atomic E-state index is 0.0114. The van der Waals surface area contributed by atoms with Crippen LogP contribution in [0.3, 0.4) is 0 Å². The summed E-state index contributed by atoms with van der Waals surface area (Å²) in [6, 6.07) is 21.9. The summed E-state index contributed by atoms with van der Waals surface area (Å²) < 4.78 is 0. The summed E-state index contributed by atoms with van der Waals surface area (Å²) in [6.07, 6.45) is 0.0363. The largest absolute Gasteiger partial charge is 0.340 e. The van der Waals surface area contributed by atoms with E-state index in [2.05, 4.69) is 22.4 Å². The summed E-state index contributed by atoms with van der Waals surface area (Å²) in [5.41, 5.74) is 1.69. The highest BCUT2D eigenvalue weighted by Crippen LogP contribution is 2.40. The van der Waals surface area contributed by atoms with Crippen LogP contribution in [0, 0.1) is 0 Å². The molecule has 5 rings (SSSR count). The summed E-state index contributed by atoms with van der Waals surface area (Å²) in [7, 11) is 1.51. The molecule has 0 unspecified atom stereocenters. The number of amides is 3. The van der Waals surface area contributed by atoms with Crippen molar-refractivity contribution >= 4 is 29.1 Å². The van der Waals surface area contributed by atoms with Crippen molar-refractivity contribution in [1.29, 1.82) is 0 Å². The monoisotopic (exact) mass is 487 g/mol. The quantitative estimate of drug-likeness (QED) is 0.497. The maximum absolute atomic E-state index is 13.4. The van der Waals surface area contributed by atoms with Crippen LogP contribution >= 0.6 is 11.3 Å². The molecule has 1 aromatic heterocycles. The summed E-state index contributed by atoms with van der Waals surface area (Å²) in [4.78, 5) is 46.1. The van der Waals surface area contributed by atoms with E-state index in [0.717, 1.165) is 36.3 Å². The molecule has 7 heteroatoms. The second kappa shape index (κ2) is 9.76. The Labute approximate surface area is 209 Å². The first-order valence-corrected chi connectivity index (χ1v) is 12.8. The number of rotatable bonds is 6. The van der Waals surface area contributed by atoms with Crippen LogP contribution in [0.2, 0.25) is 0 Å². The van der Waals surface area contributed by atoms with E-state index in [1.165, 1.54) is 16.8 Å². The topological polar surface area (TPSA) is 60.9 Å². The molecule has 2 saturated heterocycles. The van der Waals surface area contributed by atoms with E-state index in [9.17, 15) is 14.4 Å². The number of thiophene rings is 1. The summed E-state index contributed by atoms with van der Waals surface area (Å²) in [5.74, 6) is -0.597. The molecule has 6 nitrogen and oxygen atoms in total. The van der Waals surface area contributed by atoms with Crippen LogP contribution in [0.4, 0.5) is 0 Å². The molecule has 2 aliphatic heterocycles. The summed E-state index contributed by atoms with van der Waals surface area (Å²) in [6.45, 7) is 3.76. The van der Waals surface area contributed by atoms with E-state index in [1.807, 2.05) is 59.5 Å². The number of piperazine rings is 1. The Kier molecular flexibility index (Phi) is 6.54. The first-order valence-electron chi connectivity index (χ1n) is 12.0. The zero-order valence-corrected chi connectivity index (χ0v) is 20.7. The molecule has 0 saturated carbocycles. The number of hydrogen-bond acceptors (Lipinski definition) is 5. The van der Waals surface area contributed by atoms with Crippen LogP contribution in [0.15, 0.2) is 72.1 Å². The highest BCUT2D eigenvalue weighted by molar-refractivity contribution is 7.09. The third-order valence-electron chi connectivity index (χ3n) is 7.22. The molecule has 3 aromatic rings. The van der Waals surface area contributed by atoms with Crippen LogP contribution in [-0.2, 0) is 26.3 Å². The number of nitrogens with zero attached hydrogens (tertiary/aromatic N) is 3. The second-order valence-corrected chi connectivity index (χ2v) is 10.4. The lowest BCUT2D eigenvalue weighted by molar-refractivity contribution is -0.142. The molecule has 0 N–H and O–H groups in total. The Hall–Kier alpha value is -3.29. The molecule has 2 aromatic carbocycles. The Morgan fingerprint density at radius 2 is 1.57 bits per heavy atom. The van der Waals surface area contributed by atoms with Crippen LogP contribution in [0.1, 0.15) is 23.3 Å². The van der Waals surface area contributed by atoms with Crippen LogP contribution in [0.5, 0.6) is 0 Å². The average molecular weight is 488 g/mol.